The zero-order chi connectivity index (χ0) is 16.8. The number of β-lactam (4-membered cyclic amide) rings is 1. The van der Waals surface area contributed by atoms with Crippen molar-refractivity contribution in [3.05, 3.63) is 17.4 Å². The lowest BCUT2D eigenvalue weighted by atomic mass is 9.96. The number of halogens is 1. The third-order valence-electron chi connectivity index (χ3n) is 3.69. The lowest BCUT2D eigenvalue weighted by Gasteiger charge is -2.27. The first-order chi connectivity index (χ1) is 10.7. The summed E-state index contributed by atoms with van der Waals surface area (Å²) in [5.74, 6) is 0.0505. The fourth-order valence-corrected chi connectivity index (χ4v) is 2.53. The fraction of sp³-hybridized carbons (Fsp3) is 0.467. The minimum absolute atomic E-state index is 0.0530. The smallest absolute Gasteiger partial charge is 0.232 e. The summed E-state index contributed by atoms with van der Waals surface area (Å²) in [5, 5.41) is 6.51. The molecule has 1 fully saturated rings. The van der Waals surface area contributed by atoms with E-state index in [0.717, 1.165) is 0 Å². The van der Waals surface area contributed by atoms with Crippen molar-refractivity contribution in [3.63, 3.8) is 0 Å². The molecule has 1 saturated heterocycles. The Bertz CT molecular complexity index is 785. The standard InChI is InChI=1S/C15H18ClN5O2/c1-15(2,3)13(23)20-14-18-11(16)9-4-5-21(12(9)19-14)7-8-6-10(22)17-8/h4-5,8H,6-7H2,1-3H3,(H,17,22)(H,18,19,20,23)/t8-/m0/s1. The van der Waals surface area contributed by atoms with Gasteiger partial charge in [-0.15, -0.1) is 0 Å². The van der Waals surface area contributed by atoms with Crippen LogP contribution in [0.15, 0.2) is 12.3 Å². The SMILES string of the molecule is CC(C)(C)C(=O)Nc1nc(Cl)c2ccn(C[C@@H]3CC(=O)N3)c2n1. The molecule has 0 aliphatic carbocycles. The van der Waals surface area contributed by atoms with E-state index >= 15 is 0 Å². The van der Waals surface area contributed by atoms with Crippen molar-refractivity contribution in [3.8, 4) is 0 Å². The third kappa shape index (κ3) is 3.14. The van der Waals surface area contributed by atoms with Crippen molar-refractivity contribution in [1.82, 2.24) is 19.9 Å². The molecule has 2 aromatic heterocycles. The Morgan fingerprint density at radius 1 is 1.48 bits per heavy atom. The molecule has 122 valence electrons. The van der Waals surface area contributed by atoms with Crippen LogP contribution >= 0.6 is 11.6 Å². The largest absolute Gasteiger partial charge is 0.351 e. The number of hydrogen-bond donors (Lipinski definition) is 2. The van der Waals surface area contributed by atoms with Gasteiger partial charge in [-0.25, -0.2) is 0 Å². The minimum atomic E-state index is -0.553. The van der Waals surface area contributed by atoms with Crippen LogP contribution in [0.5, 0.6) is 0 Å². The summed E-state index contributed by atoms with van der Waals surface area (Å²) < 4.78 is 1.90. The molecular weight excluding hydrogens is 318 g/mol. The molecule has 1 aliphatic heterocycles. The van der Waals surface area contributed by atoms with Crippen LogP contribution in [0.3, 0.4) is 0 Å². The molecule has 3 rings (SSSR count). The predicted molar refractivity (Wildman–Crippen MR) is 87.2 cm³/mol. The van der Waals surface area contributed by atoms with Crippen LogP contribution < -0.4 is 10.6 Å². The van der Waals surface area contributed by atoms with Crippen LogP contribution in [0.1, 0.15) is 27.2 Å². The molecule has 7 nitrogen and oxygen atoms in total. The van der Waals surface area contributed by atoms with Gasteiger partial charge in [0.2, 0.25) is 17.8 Å². The van der Waals surface area contributed by atoms with Gasteiger partial charge >= 0.3 is 0 Å². The van der Waals surface area contributed by atoms with Gasteiger partial charge in [0.05, 0.1) is 11.4 Å². The Morgan fingerprint density at radius 3 is 2.78 bits per heavy atom. The summed E-state index contributed by atoms with van der Waals surface area (Å²) in [6.45, 7) is 6.04. The lowest BCUT2D eigenvalue weighted by molar-refractivity contribution is -0.128. The number of fused-ring (bicyclic) bond motifs is 1. The van der Waals surface area contributed by atoms with Crippen LogP contribution in [0.4, 0.5) is 5.95 Å². The van der Waals surface area contributed by atoms with E-state index in [9.17, 15) is 9.59 Å². The molecule has 8 heteroatoms. The number of nitrogens with zero attached hydrogens (tertiary/aromatic N) is 3. The molecule has 2 N–H and O–H groups in total. The van der Waals surface area contributed by atoms with Gasteiger partial charge in [0, 0.05) is 24.6 Å². The van der Waals surface area contributed by atoms with Gasteiger partial charge in [-0.1, -0.05) is 32.4 Å². The summed E-state index contributed by atoms with van der Waals surface area (Å²) in [7, 11) is 0. The molecule has 2 amide bonds. The van der Waals surface area contributed by atoms with Crippen molar-refractivity contribution < 1.29 is 9.59 Å². The molecule has 0 radical (unpaired) electrons. The molecular formula is C15H18ClN5O2. The molecule has 1 atom stereocenters. The van der Waals surface area contributed by atoms with Gasteiger partial charge in [0.1, 0.15) is 10.8 Å². The number of rotatable bonds is 3. The Kier molecular flexibility index (Phi) is 3.75. The second-order valence-corrected chi connectivity index (χ2v) is 7.07. The molecule has 3 heterocycles. The van der Waals surface area contributed by atoms with Gasteiger partial charge in [-0.3, -0.25) is 14.9 Å². The first-order valence-electron chi connectivity index (χ1n) is 7.37. The maximum Gasteiger partial charge on any atom is 0.232 e. The number of hydrogen-bond acceptors (Lipinski definition) is 4. The van der Waals surface area contributed by atoms with Crippen LogP contribution in [0.2, 0.25) is 5.15 Å². The number of anilines is 1. The highest BCUT2D eigenvalue weighted by Crippen LogP contribution is 2.25. The van der Waals surface area contributed by atoms with Crippen molar-refractivity contribution in [1.29, 1.82) is 0 Å². The van der Waals surface area contributed by atoms with Gasteiger partial charge in [-0.2, -0.15) is 9.97 Å². The number of amides is 2. The van der Waals surface area contributed by atoms with Gasteiger partial charge in [0.25, 0.3) is 0 Å². The summed E-state index contributed by atoms with van der Waals surface area (Å²) in [4.78, 5) is 31.6. The minimum Gasteiger partial charge on any atom is -0.351 e. The molecule has 23 heavy (non-hydrogen) atoms. The molecule has 0 spiro atoms. The maximum absolute atomic E-state index is 12.1. The Balaban J connectivity index is 1.89. The highest BCUT2D eigenvalue weighted by atomic mass is 35.5. The second kappa shape index (κ2) is 5.49. The molecule has 0 bridgehead atoms. The quantitative estimate of drug-likeness (QED) is 0.663. The van der Waals surface area contributed by atoms with E-state index in [1.807, 2.05) is 37.6 Å². The zero-order valence-corrected chi connectivity index (χ0v) is 13.9. The Morgan fingerprint density at radius 2 is 2.17 bits per heavy atom. The van der Waals surface area contributed by atoms with E-state index in [4.69, 9.17) is 11.6 Å². The van der Waals surface area contributed by atoms with Crippen molar-refractivity contribution in [2.24, 2.45) is 5.41 Å². The summed E-state index contributed by atoms with van der Waals surface area (Å²) >= 11 is 6.20. The molecule has 2 aromatic rings. The van der Waals surface area contributed by atoms with Crippen LogP contribution in [-0.2, 0) is 16.1 Å². The van der Waals surface area contributed by atoms with E-state index in [0.29, 0.717) is 24.0 Å². The number of carbonyl (C=O) groups is 2. The number of aromatic nitrogens is 3. The second-order valence-electron chi connectivity index (χ2n) is 6.72. The van der Waals surface area contributed by atoms with E-state index < -0.39 is 5.41 Å². The molecule has 1 aliphatic rings. The lowest BCUT2D eigenvalue weighted by Crippen LogP contribution is -2.50. The number of nitrogens with one attached hydrogen (secondary N) is 2. The topological polar surface area (TPSA) is 88.9 Å². The first kappa shape index (κ1) is 15.7. The van der Waals surface area contributed by atoms with Gasteiger partial charge in [-0.05, 0) is 6.07 Å². The normalized spacial score (nSPS) is 17.7. The molecule has 0 saturated carbocycles. The zero-order valence-electron chi connectivity index (χ0n) is 13.2. The van der Waals surface area contributed by atoms with Gasteiger partial charge in [0.15, 0.2) is 0 Å². The Labute approximate surface area is 138 Å². The van der Waals surface area contributed by atoms with Gasteiger partial charge < -0.3 is 9.88 Å². The summed E-state index contributed by atoms with van der Waals surface area (Å²) in [6.07, 6.45) is 2.36. The molecule has 0 aromatic carbocycles. The Hall–Kier alpha value is -2.15. The highest BCUT2D eigenvalue weighted by molar-refractivity contribution is 6.34. The van der Waals surface area contributed by atoms with Crippen molar-refractivity contribution >= 4 is 40.4 Å². The average Bonchev–Trinajstić information content (AvgIpc) is 2.80. The maximum atomic E-state index is 12.1. The predicted octanol–water partition coefficient (Wildman–Crippen LogP) is 1.96. The molecule has 0 unspecified atom stereocenters. The number of carbonyl (C=O) groups excluding carboxylic acids is 2. The van der Waals surface area contributed by atoms with E-state index in [1.54, 1.807) is 0 Å². The van der Waals surface area contributed by atoms with Crippen molar-refractivity contribution in [2.45, 2.75) is 39.8 Å². The third-order valence-corrected chi connectivity index (χ3v) is 3.98. The first-order valence-corrected chi connectivity index (χ1v) is 7.75. The van der Waals surface area contributed by atoms with Crippen LogP contribution in [0, 0.1) is 5.41 Å². The van der Waals surface area contributed by atoms with Crippen molar-refractivity contribution in [2.75, 3.05) is 5.32 Å². The fourth-order valence-electron chi connectivity index (χ4n) is 2.30. The monoisotopic (exact) mass is 335 g/mol. The summed E-state index contributed by atoms with van der Waals surface area (Å²) in [6, 6.07) is 1.92. The van der Waals surface area contributed by atoms with Crippen LogP contribution in [0.25, 0.3) is 11.0 Å². The van der Waals surface area contributed by atoms with E-state index in [1.165, 1.54) is 0 Å². The highest BCUT2D eigenvalue weighted by Gasteiger charge is 2.26. The van der Waals surface area contributed by atoms with E-state index in [-0.39, 0.29) is 29.0 Å². The summed E-state index contributed by atoms with van der Waals surface area (Å²) in [5.41, 5.74) is 0.0820. The average molecular weight is 336 g/mol. The van der Waals surface area contributed by atoms with E-state index in [2.05, 4.69) is 20.6 Å². The van der Waals surface area contributed by atoms with Crippen LogP contribution in [-0.4, -0.2) is 32.4 Å².